The highest BCUT2D eigenvalue weighted by Crippen LogP contribution is 2.52. The van der Waals surface area contributed by atoms with E-state index in [4.69, 9.17) is 9.47 Å². The maximum absolute atomic E-state index is 13.7. The van der Waals surface area contributed by atoms with Crippen molar-refractivity contribution in [1.29, 1.82) is 0 Å². The number of ketones is 1. The van der Waals surface area contributed by atoms with E-state index in [1.54, 1.807) is 9.80 Å². The Morgan fingerprint density at radius 1 is 0.544 bits per heavy atom. The van der Waals surface area contributed by atoms with Gasteiger partial charge in [0.15, 0.2) is 5.78 Å². The Balaban J connectivity index is 0.000000174. The molecule has 0 aromatic heterocycles. The quantitative estimate of drug-likeness (QED) is 0.124. The van der Waals surface area contributed by atoms with Crippen molar-refractivity contribution in [2.75, 3.05) is 26.6 Å². The minimum absolute atomic E-state index is 0.00637. The summed E-state index contributed by atoms with van der Waals surface area (Å²) < 4.78 is 11.5. The maximum Gasteiger partial charge on any atom is 0.414 e. The van der Waals surface area contributed by atoms with Crippen LogP contribution < -0.4 is 20.0 Å². The predicted molar refractivity (Wildman–Crippen MR) is 264 cm³/mol. The number of nitrogens with one attached hydrogen (secondary N) is 1. The van der Waals surface area contributed by atoms with Gasteiger partial charge >= 0.3 is 12.2 Å². The van der Waals surface area contributed by atoms with Gasteiger partial charge in [-0.25, -0.2) is 9.59 Å². The van der Waals surface area contributed by atoms with E-state index in [-0.39, 0.29) is 73.4 Å². The van der Waals surface area contributed by atoms with E-state index >= 15 is 0 Å². The van der Waals surface area contributed by atoms with Crippen molar-refractivity contribution < 1.29 is 33.8 Å². The number of hydrogen-bond donors (Lipinski definition) is 2. The molecule has 11 heteroatoms. The molecular weight excluding hydrogens is 853 g/mol. The van der Waals surface area contributed by atoms with Crippen molar-refractivity contribution in [3.63, 3.8) is 0 Å². The average molecular weight is 911 g/mol. The minimum atomic E-state index is -0.574. The molecule has 2 N–H and O–H groups in total. The second kappa shape index (κ2) is 21.6. The standard InChI is InChI=1S/C31H32N2O5.C26H26N2O2/c34-20-24(35)18-19-29(36)32(23-12-5-2-6-13-23)30-25-14-7-8-16-27(25)33(28-17-9-15-26(28)30)31(37)38-21-22-10-3-1-4-11-22;29-26(30-18-19-10-3-1-4-11-19)28-23-16-8-7-14-21(23)25(22-15-9-17-24(22)28)27-20-12-5-2-6-13-20/h1-8,10-14,16,26,28,30,34H,9,15,17-21H2;1-8,10-14,16,22,24-25,27H,9,15,17-18H2. The Morgan fingerprint density at radius 2 is 1.01 bits per heavy atom. The van der Waals surface area contributed by atoms with E-state index in [2.05, 4.69) is 41.7 Å². The van der Waals surface area contributed by atoms with Crippen LogP contribution in [-0.4, -0.2) is 47.7 Å². The van der Waals surface area contributed by atoms with Gasteiger partial charge in [0.25, 0.3) is 0 Å². The van der Waals surface area contributed by atoms with Crippen LogP contribution >= 0.6 is 0 Å². The number of aliphatic hydroxyl groups excluding tert-OH is 1. The van der Waals surface area contributed by atoms with E-state index < -0.39 is 6.61 Å². The Hall–Kier alpha value is -7.24. The van der Waals surface area contributed by atoms with Gasteiger partial charge in [0, 0.05) is 48.1 Å². The van der Waals surface area contributed by atoms with Crippen LogP contribution in [0.1, 0.15) is 85.7 Å². The van der Waals surface area contributed by atoms with Gasteiger partial charge in [-0.2, -0.15) is 0 Å². The number of amides is 3. The Morgan fingerprint density at radius 3 is 1.59 bits per heavy atom. The number of rotatable bonds is 12. The fraction of sp³-hybridized carbons (Fsp3) is 0.298. The average Bonchev–Trinajstić information content (AvgIpc) is 4.09. The largest absolute Gasteiger partial charge is 0.444 e. The number of Topliss-reactive ketones (excluding diaryl/α,β-unsaturated/α-hetero) is 1. The first kappa shape index (κ1) is 45.9. The molecule has 6 unspecified atom stereocenters. The third-order valence-corrected chi connectivity index (χ3v) is 13.9. The Labute approximate surface area is 398 Å². The second-order valence-electron chi connectivity index (χ2n) is 18.0. The van der Waals surface area contributed by atoms with E-state index in [0.717, 1.165) is 78.0 Å². The predicted octanol–water partition coefficient (Wildman–Crippen LogP) is 11.6. The summed E-state index contributed by atoms with van der Waals surface area (Å²) in [5.74, 6) is -0.165. The monoisotopic (exact) mass is 910 g/mol. The Bertz CT molecular complexity index is 2650. The second-order valence-corrected chi connectivity index (χ2v) is 18.0. The topological polar surface area (TPSA) is 129 Å². The zero-order chi connectivity index (χ0) is 46.8. The van der Waals surface area contributed by atoms with Gasteiger partial charge in [-0.3, -0.25) is 19.4 Å². The highest BCUT2D eigenvalue weighted by atomic mass is 16.6. The van der Waals surface area contributed by atoms with Gasteiger partial charge < -0.3 is 24.8 Å². The zero-order valence-electron chi connectivity index (χ0n) is 38.1. The number of carbonyl (C=O) groups is 4. The molecule has 11 nitrogen and oxygen atoms in total. The number of anilines is 4. The Kier molecular flexibility index (Phi) is 14.6. The molecule has 2 saturated carbocycles. The van der Waals surface area contributed by atoms with Gasteiger partial charge in [0.2, 0.25) is 5.91 Å². The molecule has 0 spiro atoms. The molecule has 0 saturated heterocycles. The highest BCUT2D eigenvalue weighted by molar-refractivity contribution is 5.98. The summed E-state index contributed by atoms with van der Waals surface area (Å²) in [4.78, 5) is 57.8. The van der Waals surface area contributed by atoms with Crippen molar-refractivity contribution in [3.8, 4) is 0 Å². The summed E-state index contributed by atoms with van der Waals surface area (Å²) in [6.45, 7) is -0.0935. The summed E-state index contributed by atoms with van der Waals surface area (Å²) in [5, 5.41) is 12.9. The molecule has 2 aliphatic heterocycles. The molecular formula is C57H58N4O7. The van der Waals surface area contributed by atoms with Crippen molar-refractivity contribution in [2.45, 2.75) is 88.7 Å². The van der Waals surface area contributed by atoms with E-state index in [1.807, 2.05) is 138 Å². The van der Waals surface area contributed by atoms with Crippen LogP contribution in [0.3, 0.4) is 0 Å². The van der Waals surface area contributed by atoms with Crippen LogP contribution in [0.2, 0.25) is 0 Å². The number of nitrogens with zero attached hydrogens (tertiary/aromatic N) is 3. The molecule has 3 amide bonds. The number of aliphatic hydroxyl groups is 1. The van der Waals surface area contributed by atoms with Crippen LogP contribution in [0.5, 0.6) is 0 Å². The molecule has 0 bridgehead atoms. The molecule has 68 heavy (non-hydrogen) atoms. The van der Waals surface area contributed by atoms with Gasteiger partial charge in [-0.1, -0.05) is 146 Å². The first-order valence-electron chi connectivity index (χ1n) is 23.9. The summed E-state index contributed by atoms with van der Waals surface area (Å²) in [6, 6.07) is 55.2. The lowest BCUT2D eigenvalue weighted by atomic mass is 9.81. The fourth-order valence-corrected chi connectivity index (χ4v) is 10.9. The lowest BCUT2D eigenvalue weighted by Crippen LogP contribution is -2.52. The van der Waals surface area contributed by atoms with E-state index in [9.17, 15) is 24.3 Å². The molecule has 6 aromatic carbocycles. The summed E-state index contributed by atoms with van der Waals surface area (Å²) in [5.41, 5.74) is 7.56. The van der Waals surface area contributed by atoms with Crippen LogP contribution in [0.4, 0.5) is 32.3 Å². The van der Waals surface area contributed by atoms with Crippen molar-refractivity contribution in [3.05, 3.63) is 192 Å². The fourth-order valence-electron chi connectivity index (χ4n) is 10.9. The molecule has 0 radical (unpaired) electrons. The summed E-state index contributed by atoms with van der Waals surface area (Å²) in [6.07, 6.45) is 5.20. The number of fused-ring (bicyclic) bond motifs is 4. The normalized spacial score (nSPS) is 20.8. The molecule has 2 aliphatic carbocycles. The molecule has 2 heterocycles. The van der Waals surface area contributed by atoms with Crippen LogP contribution in [0, 0.1) is 11.8 Å². The van der Waals surface area contributed by atoms with Crippen LogP contribution in [-0.2, 0) is 32.3 Å². The SMILES string of the molecule is O=C(CO)CCC(=O)N(c1ccccc1)C1c2ccccc2N(C(=O)OCc2ccccc2)C2CCCC21.O=C(OCc1ccccc1)N1c2ccccc2C(Nc2ccccc2)C2CCCC21. The van der Waals surface area contributed by atoms with Crippen molar-refractivity contribution >= 4 is 46.6 Å². The van der Waals surface area contributed by atoms with Gasteiger partial charge in [0.1, 0.15) is 19.8 Å². The van der Waals surface area contributed by atoms with Crippen molar-refractivity contribution in [2.24, 2.45) is 11.8 Å². The third-order valence-electron chi connectivity index (χ3n) is 13.9. The smallest absolute Gasteiger partial charge is 0.414 e. The lowest BCUT2D eigenvalue weighted by Gasteiger charge is -2.47. The zero-order valence-corrected chi connectivity index (χ0v) is 38.1. The summed E-state index contributed by atoms with van der Waals surface area (Å²) in [7, 11) is 0. The van der Waals surface area contributed by atoms with E-state index in [0.29, 0.717) is 12.5 Å². The molecule has 6 atom stereocenters. The number of hydrogen-bond acceptors (Lipinski definition) is 8. The first-order valence-corrected chi connectivity index (χ1v) is 23.9. The number of ether oxygens (including phenoxy) is 2. The summed E-state index contributed by atoms with van der Waals surface area (Å²) >= 11 is 0. The third kappa shape index (κ3) is 10.0. The molecule has 2 fully saturated rings. The molecule has 4 aliphatic rings. The maximum atomic E-state index is 13.7. The number of carbonyl (C=O) groups excluding carboxylic acids is 4. The van der Waals surface area contributed by atoms with Crippen LogP contribution in [0.15, 0.2) is 170 Å². The minimum Gasteiger partial charge on any atom is -0.444 e. The van der Waals surface area contributed by atoms with E-state index in [1.165, 1.54) is 5.56 Å². The number of para-hydroxylation sites is 4. The molecule has 348 valence electrons. The highest BCUT2D eigenvalue weighted by Gasteiger charge is 2.50. The van der Waals surface area contributed by atoms with Crippen LogP contribution in [0.25, 0.3) is 0 Å². The van der Waals surface area contributed by atoms with Gasteiger partial charge in [-0.15, -0.1) is 0 Å². The lowest BCUT2D eigenvalue weighted by molar-refractivity contribution is -0.125. The first-order chi connectivity index (χ1) is 33.4. The van der Waals surface area contributed by atoms with Gasteiger partial charge in [0.05, 0.1) is 23.5 Å². The van der Waals surface area contributed by atoms with Crippen molar-refractivity contribution in [1.82, 2.24) is 0 Å². The molecule has 6 aromatic rings. The molecule has 10 rings (SSSR count). The van der Waals surface area contributed by atoms with Gasteiger partial charge in [-0.05, 0) is 84.3 Å². The number of benzene rings is 6.